The van der Waals surface area contributed by atoms with E-state index in [4.69, 9.17) is 16.0 Å². The largest absolute Gasteiger partial charge is 0.416 e. The molecule has 4 rings (SSSR count). The van der Waals surface area contributed by atoms with E-state index in [0.29, 0.717) is 10.6 Å². The number of hydrogen-bond donors (Lipinski definition) is 1. The molecule has 0 aliphatic rings. The SMILES string of the molecule is O=C(Nc1nnc(-c2ccc(C(F)(F)F)cc2)o1)c1sc2ccccc2c1Cl. The number of nitrogens with zero attached hydrogens (tertiary/aromatic N) is 2. The number of nitrogens with one attached hydrogen (secondary N) is 1. The highest BCUT2D eigenvalue weighted by Crippen LogP contribution is 2.35. The minimum atomic E-state index is -4.43. The highest BCUT2D eigenvalue weighted by atomic mass is 35.5. The maximum Gasteiger partial charge on any atom is 0.416 e. The number of halogens is 4. The number of rotatable bonds is 3. The Morgan fingerprint density at radius 3 is 2.46 bits per heavy atom. The molecule has 2 heterocycles. The van der Waals surface area contributed by atoms with Gasteiger partial charge in [-0.25, -0.2) is 0 Å². The molecule has 0 saturated heterocycles. The predicted molar refractivity (Wildman–Crippen MR) is 99.5 cm³/mol. The summed E-state index contributed by atoms with van der Waals surface area (Å²) >= 11 is 7.48. The first kappa shape index (κ1) is 18.5. The van der Waals surface area contributed by atoms with Crippen LogP contribution in [0.1, 0.15) is 15.2 Å². The third-order valence-electron chi connectivity index (χ3n) is 3.85. The molecule has 0 aliphatic heterocycles. The van der Waals surface area contributed by atoms with Crippen molar-refractivity contribution >= 4 is 44.9 Å². The van der Waals surface area contributed by atoms with E-state index < -0.39 is 17.6 Å². The molecular weight excluding hydrogens is 415 g/mol. The molecule has 0 aliphatic carbocycles. The van der Waals surface area contributed by atoms with Crippen molar-refractivity contribution in [3.05, 3.63) is 64.0 Å². The van der Waals surface area contributed by atoms with Crippen molar-refractivity contribution < 1.29 is 22.4 Å². The lowest BCUT2D eigenvalue weighted by Gasteiger charge is -2.05. The van der Waals surface area contributed by atoms with Crippen molar-refractivity contribution in [3.63, 3.8) is 0 Å². The zero-order chi connectivity index (χ0) is 19.9. The highest BCUT2D eigenvalue weighted by Gasteiger charge is 2.30. The lowest BCUT2D eigenvalue weighted by molar-refractivity contribution is -0.137. The zero-order valence-corrected chi connectivity index (χ0v) is 15.3. The number of thiophene rings is 1. The van der Waals surface area contributed by atoms with E-state index in [1.165, 1.54) is 23.5 Å². The van der Waals surface area contributed by atoms with Gasteiger partial charge in [-0.05, 0) is 30.3 Å². The Kier molecular flexibility index (Phi) is 4.56. The monoisotopic (exact) mass is 423 g/mol. The second kappa shape index (κ2) is 6.92. The van der Waals surface area contributed by atoms with Crippen LogP contribution in [0.15, 0.2) is 52.9 Å². The van der Waals surface area contributed by atoms with Gasteiger partial charge in [-0.3, -0.25) is 10.1 Å². The van der Waals surface area contributed by atoms with Gasteiger partial charge in [0.25, 0.3) is 5.91 Å². The Bertz CT molecular complexity index is 1170. The normalized spacial score (nSPS) is 11.7. The Morgan fingerprint density at radius 1 is 1.07 bits per heavy atom. The van der Waals surface area contributed by atoms with Gasteiger partial charge in [0.2, 0.25) is 5.89 Å². The van der Waals surface area contributed by atoms with Crippen LogP contribution in [-0.4, -0.2) is 16.1 Å². The summed E-state index contributed by atoms with van der Waals surface area (Å²) in [6.45, 7) is 0. The summed E-state index contributed by atoms with van der Waals surface area (Å²) in [6.07, 6.45) is -4.43. The molecule has 2 aromatic carbocycles. The van der Waals surface area contributed by atoms with Gasteiger partial charge in [-0.1, -0.05) is 34.9 Å². The van der Waals surface area contributed by atoms with Gasteiger partial charge in [0.05, 0.1) is 10.6 Å². The summed E-state index contributed by atoms with van der Waals surface area (Å²) in [5, 5.41) is 11.0. The number of amides is 1. The van der Waals surface area contributed by atoms with Gasteiger partial charge >= 0.3 is 12.2 Å². The highest BCUT2D eigenvalue weighted by molar-refractivity contribution is 7.21. The van der Waals surface area contributed by atoms with Crippen LogP contribution in [-0.2, 0) is 6.18 Å². The first-order valence-electron chi connectivity index (χ1n) is 7.82. The standard InChI is InChI=1S/C18H9ClF3N3O2S/c19-13-11-3-1-2-4-12(11)28-14(13)15(26)23-17-25-24-16(27-17)9-5-7-10(8-6-9)18(20,21)22/h1-8H,(H,23,25,26). The fourth-order valence-electron chi connectivity index (χ4n) is 2.51. The van der Waals surface area contributed by atoms with Crippen LogP contribution < -0.4 is 5.32 Å². The minimum Gasteiger partial charge on any atom is -0.403 e. The average molecular weight is 424 g/mol. The molecule has 0 spiro atoms. The number of anilines is 1. The number of alkyl halides is 3. The Morgan fingerprint density at radius 2 is 1.79 bits per heavy atom. The van der Waals surface area contributed by atoms with Crippen molar-refractivity contribution in [2.24, 2.45) is 0 Å². The van der Waals surface area contributed by atoms with Crippen LogP contribution in [0.25, 0.3) is 21.5 Å². The maximum absolute atomic E-state index is 12.6. The smallest absolute Gasteiger partial charge is 0.403 e. The van der Waals surface area contributed by atoms with Crippen LogP contribution in [0.3, 0.4) is 0 Å². The summed E-state index contributed by atoms with van der Waals surface area (Å²) in [5.74, 6) is -0.541. The maximum atomic E-state index is 12.6. The molecule has 0 unspecified atom stereocenters. The van der Waals surface area contributed by atoms with E-state index >= 15 is 0 Å². The van der Waals surface area contributed by atoms with E-state index in [9.17, 15) is 18.0 Å². The molecular formula is C18H9ClF3N3O2S. The number of aromatic nitrogens is 2. The van der Waals surface area contributed by atoms with Gasteiger partial charge < -0.3 is 4.42 Å². The van der Waals surface area contributed by atoms with Gasteiger partial charge in [0, 0.05) is 15.6 Å². The van der Waals surface area contributed by atoms with Crippen LogP contribution >= 0.6 is 22.9 Å². The van der Waals surface area contributed by atoms with Gasteiger partial charge in [0.15, 0.2) is 0 Å². The summed E-state index contributed by atoms with van der Waals surface area (Å²) in [7, 11) is 0. The first-order valence-corrected chi connectivity index (χ1v) is 9.02. The minimum absolute atomic E-state index is 0.0218. The third kappa shape index (κ3) is 3.46. The molecule has 5 nitrogen and oxygen atoms in total. The molecule has 1 N–H and O–H groups in total. The molecule has 28 heavy (non-hydrogen) atoms. The Hall–Kier alpha value is -2.91. The fourth-order valence-corrected chi connectivity index (χ4v) is 3.92. The molecule has 0 saturated carbocycles. The summed E-state index contributed by atoms with van der Waals surface area (Å²) in [5.41, 5.74) is -0.496. The molecule has 0 atom stereocenters. The van der Waals surface area contributed by atoms with Crippen LogP contribution in [0.5, 0.6) is 0 Å². The van der Waals surface area contributed by atoms with E-state index in [-0.39, 0.29) is 16.8 Å². The number of fused-ring (bicyclic) bond motifs is 1. The Balaban J connectivity index is 1.54. The van der Waals surface area contributed by atoms with Crippen LogP contribution in [0.2, 0.25) is 5.02 Å². The van der Waals surface area contributed by atoms with Crippen LogP contribution in [0, 0.1) is 0 Å². The number of hydrogen-bond acceptors (Lipinski definition) is 5. The predicted octanol–water partition coefficient (Wildman–Crippen LogP) is 5.88. The number of carbonyl (C=O) groups excluding carboxylic acids is 1. The second-order valence-corrected chi connectivity index (χ2v) is 7.11. The molecule has 1 amide bonds. The molecule has 142 valence electrons. The van der Waals surface area contributed by atoms with Crippen molar-refractivity contribution in [2.45, 2.75) is 6.18 Å². The Labute approximate surface area is 164 Å². The first-order chi connectivity index (χ1) is 13.3. The van der Waals surface area contributed by atoms with Crippen molar-refractivity contribution in [1.82, 2.24) is 10.2 Å². The van der Waals surface area contributed by atoms with Gasteiger partial charge in [0.1, 0.15) is 4.88 Å². The summed E-state index contributed by atoms with van der Waals surface area (Å²) in [4.78, 5) is 12.8. The molecule has 2 aromatic heterocycles. The molecule has 10 heteroatoms. The average Bonchev–Trinajstić information content (AvgIpc) is 3.26. The number of benzene rings is 2. The zero-order valence-electron chi connectivity index (χ0n) is 13.7. The lowest BCUT2D eigenvalue weighted by atomic mass is 10.1. The van der Waals surface area contributed by atoms with E-state index in [2.05, 4.69) is 15.5 Å². The van der Waals surface area contributed by atoms with E-state index in [0.717, 1.165) is 22.2 Å². The lowest BCUT2D eigenvalue weighted by Crippen LogP contribution is -2.10. The molecule has 0 fully saturated rings. The van der Waals surface area contributed by atoms with Gasteiger partial charge in [-0.15, -0.1) is 16.4 Å². The third-order valence-corrected chi connectivity index (χ3v) is 5.52. The second-order valence-electron chi connectivity index (χ2n) is 5.68. The number of carbonyl (C=O) groups is 1. The van der Waals surface area contributed by atoms with Crippen molar-refractivity contribution in [3.8, 4) is 11.5 Å². The van der Waals surface area contributed by atoms with Crippen molar-refractivity contribution in [2.75, 3.05) is 5.32 Å². The molecule has 4 aromatic rings. The van der Waals surface area contributed by atoms with Gasteiger partial charge in [-0.2, -0.15) is 13.2 Å². The molecule has 0 bridgehead atoms. The quantitative estimate of drug-likeness (QED) is 0.447. The van der Waals surface area contributed by atoms with Crippen molar-refractivity contribution in [1.29, 1.82) is 0 Å². The summed E-state index contributed by atoms with van der Waals surface area (Å²) < 4.78 is 44.1. The molecule has 0 radical (unpaired) electrons. The topological polar surface area (TPSA) is 68.0 Å². The van der Waals surface area contributed by atoms with E-state index in [1.54, 1.807) is 6.07 Å². The van der Waals surface area contributed by atoms with E-state index in [1.807, 2.05) is 18.2 Å². The summed E-state index contributed by atoms with van der Waals surface area (Å²) in [6, 6.07) is 11.4. The fraction of sp³-hybridized carbons (Fsp3) is 0.0556. The van der Waals surface area contributed by atoms with Crippen LogP contribution in [0.4, 0.5) is 19.2 Å².